The second-order valence-electron chi connectivity index (χ2n) is 4.21. The van der Waals surface area contributed by atoms with Crippen molar-refractivity contribution in [1.29, 1.82) is 0 Å². The Labute approximate surface area is 109 Å². The molecular formula is C14H12FN3O. The van der Waals surface area contributed by atoms with Crippen LogP contribution in [0.5, 0.6) is 5.75 Å². The van der Waals surface area contributed by atoms with E-state index in [4.69, 9.17) is 0 Å². The van der Waals surface area contributed by atoms with Gasteiger partial charge in [0.15, 0.2) is 6.30 Å². The second kappa shape index (κ2) is 4.61. The number of dihydropyridines is 1. The van der Waals surface area contributed by atoms with Crippen molar-refractivity contribution in [1.82, 2.24) is 15.3 Å². The maximum atomic E-state index is 12.9. The maximum Gasteiger partial charge on any atom is 0.188 e. The van der Waals surface area contributed by atoms with Crippen LogP contribution in [-0.2, 0) is 0 Å². The van der Waals surface area contributed by atoms with E-state index in [0.29, 0.717) is 5.82 Å². The number of aromatic hydroxyl groups is 1. The number of aromatic nitrogens is 2. The van der Waals surface area contributed by atoms with Gasteiger partial charge in [-0.05, 0) is 36.4 Å². The first-order valence-corrected chi connectivity index (χ1v) is 5.86. The highest BCUT2D eigenvalue weighted by molar-refractivity contribution is 5.72. The Hall–Kier alpha value is -2.56. The third kappa shape index (κ3) is 2.35. The highest BCUT2D eigenvalue weighted by Crippen LogP contribution is 2.23. The average Bonchev–Trinajstić information content (AvgIpc) is 2.90. The number of benzene rings is 1. The number of H-pyrrole nitrogens is 1. The molecule has 3 N–H and O–H groups in total. The normalized spacial score (nSPS) is 17.9. The van der Waals surface area contributed by atoms with Crippen LogP contribution in [0.1, 0.15) is 5.82 Å². The number of allylic oxidation sites excluding steroid dienone is 2. The molecule has 2 heterocycles. The lowest BCUT2D eigenvalue weighted by molar-refractivity contribution is 0.365. The van der Waals surface area contributed by atoms with Gasteiger partial charge in [0.25, 0.3) is 0 Å². The summed E-state index contributed by atoms with van der Waals surface area (Å²) >= 11 is 0. The van der Waals surface area contributed by atoms with Gasteiger partial charge in [-0.2, -0.15) is 0 Å². The van der Waals surface area contributed by atoms with Crippen molar-refractivity contribution in [2.45, 2.75) is 6.30 Å². The van der Waals surface area contributed by atoms with E-state index in [1.165, 1.54) is 6.08 Å². The van der Waals surface area contributed by atoms with Crippen molar-refractivity contribution in [3.8, 4) is 17.0 Å². The highest BCUT2D eigenvalue weighted by Gasteiger charge is 2.10. The molecule has 1 unspecified atom stereocenters. The van der Waals surface area contributed by atoms with E-state index in [2.05, 4.69) is 15.3 Å². The lowest BCUT2D eigenvalue weighted by Crippen LogP contribution is -2.19. The number of hydrogen-bond donors (Lipinski definition) is 3. The molecule has 0 fully saturated rings. The largest absolute Gasteiger partial charge is 0.508 e. The number of nitrogens with zero attached hydrogens (tertiary/aromatic N) is 1. The quantitative estimate of drug-likeness (QED) is 0.725. The second-order valence-corrected chi connectivity index (χ2v) is 4.21. The van der Waals surface area contributed by atoms with Gasteiger partial charge in [-0.25, -0.2) is 9.37 Å². The highest BCUT2D eigenvalue weighted by atomic mass is 19.1. The molecule has 5 heteroatoms. The Balaban J connectivity index is 1.88. The number of aromatic amines is 1. The molecule has 0 radical (unpaired) electrons. The SMILES string of the molecule is Oc1ccc(-c2c[nH]c(C3=CNC(F)C=C3)n2)cc1. The van der Waals surface area contributed by atoms with Crippen LogP contribution in [0.25, 0.3) is 16.8 Å². The van der Waals surface area contributed by atoms with Gasteiger partial charge in [0.05, 0.1) is 5.69 Å². The molecule has 1 aromatic heterocycles. The Morgan fingerprint density at radius 1 is 1.21 bits per heavy atom. The minimum atomic E-state index is -1.14. The van der Waals surface area contributed by atoms with Crippen LogP contribution in [0.4, 0.5) is 4.39 Å². The van der Waals surface area contributed by atoms with Crippen LogP contribution in [-0.4, -0.2) is 21.4 Å². The van der Waals surface area contributed by atoms with Crippen molar-refractivity contribution in [3.05, 3.63) is 54.6 Å². The molecule has 0 saturated carbocycles. The maximum absolute atomic E-state index is 12.9. The lowest BCUT2D eigenvalue weighted by Gasteiger charge is -2.09. The molecular weight excluding hydrogens is 245 g/mol. The first kappa shape index (κ1) is 11.5. The van der Waals surface area contributed by atoms with E-state index in [1.54, 1.807) is 42.7 Å². The molecule has 19 heavy (non-hydrogen) atoms. The van der Waals surface area contributed by atoms with E-state index < -0.39 is 6.30 Å². The topological polar surface area (TPSA) is 60.9 Å². The summed E-state index contributed by atoms with van der Waals surface area (Å²) in [7, 11) is 0. The van der Waals surface area contributed by atoms with Crippen LogP contribution in [0.2, 0.25) is 0 Å². The molecule has 1 aliphatic rings. The van der Waals surface area contributed by atoms with E-state index in [1.807, 2.05) is 0 Å². The van der Waals surface area contributed by atoms with Crippen LogP contribution in [0.15, 0.2) is 48.8 Å². The average molecular weight is 257 g/mol. The summed E-state index contributed by atoms with van der Waals surface area (Å²) in [6.07, 6.45) is 5.33. The third-order valence-corrected chi connectivity index (χ3v) is 2.86. The smallest absolute Gasteiger partial charge is 0.188 e. The molecule has 3 rings (SSSR count). The van der Waals surface area contributed by atoms with Crippen LogP contribution < -0.4 is 5.32 Å². The van der Waals surface area contributed by atoms with E-state index in [-0.39, 0.29) is 5.75 Å². The molecule has 0 spiro atoms. The van der Waals surface area contributed by atoms with Gasteiger partial charge in [-0.15, -0.1) is 0 Å². The van der Waals surface area contributed by atoms with Crippen molar-refractivity contribution in [3.63, 3.8) is 0 Å². The molecule has 2 aromatic rings. The van der Waals surface area contributed by atoms with Gasteiger partial charge in [0.2, 0.25) is 0 Å². The minimum Gasteiger partial charge on any atom is -0.508 e. The number of halogens is 1. The van der Waals surface area contributed by atoms with Gasteiger partial charge >= 0.3 is 0 Å². The fourth-order valence-corrected chi connectivity index (χ4v) is 1.86. The number of phenols is 1. The van der Waals surface area contributed by atoms with Crippen LogP contribution >= 0.6 is 0 Å². The first-order valence-electron chi connectivity index (χ1n) is 5.86. The van der Waals surface area contributed by atoms with Crippen molar-refractivity contribution >= 4 is 5.57 Å². The van der Waals surface area contributed by atoms with Crippen molar-refractivity contribution < 1.29 is 9.50 Å². The van der Waals surface area contributed by atoms with Gasteiger partial charge in [-0.1, -0.05) is 0 Å². The monoisotopic (exact) mass is 257 g/mol. The van der Waals surface area contributed by atoms with Crippen LogP contribution in [0.3, 0.4) is 0 Å². The predicted octanol–water partition coefficient (Wildman–Crippen LogP) is 2.58. The Morgan fingerprint density at radius 3 is 2.68 bits per heavy atom. The molecule has 0 bridgehead atoms. The molecule has 0 saturated heterocycles. The van der Waals surface area contributed by atoms with E-state index >= 15 is 0 Å². The molecule has 1 atom stereocenters. The number of phenolic OH excluding ortho intramolecular Hbond substituents is 1. The van der Waals surface area contributed by atoms with E-state index in [9.17, 15) is 9.50 Å². The molecule has 0 amide bonds. The van der Waals surface area contributed by atoms with Gasteiger partial charge in [0, 0.05) is 23.5 Å². The number of imidazole rings is 1. The zero-order chi connectivity index (χ0) is 13.2. The summed E-state index contributed by atoms with van der Waals surface area (Å²) in [5.74, 6) is 0.884. The minimum absolute atomic E-state index is 0.218. The fourth-order valence-electron chi connectivity index (χ4n) is 1.86. The van der Waals surface area contributed by atoms with Gasteiger partial charge in [-0.3, -0.25) is 0 Å². The summed E-state index contributed by atoms with van der Waals surface area (Å²) in [5, 5.41) is 11.8. The molecule has 0 aliphatic carbocycles. The summed E-state index contributed by atoms with van der Waals surface area (Å²) in [6.45, 7) is 0. The summed E-state index contributed by atoms with van der Waals surface area (Å²) < 4.78 is 12.9. The zero-order valence-corrected chi connectivity index (χ0v) is 9.97. The Bertz CT molecular complexity index is 643. The number of nitrogens with one attached hydrogen (secondary N) is 2. The zero-order valence-electron chi connectivity index (χ0n) is 9.97. The fraction of sp³-hybridized carbons (Fsp3) is 0.0714. The van der Waals surface area contributed by atoms with Crippen LogP contribution in [0, 0.1) is 0 Å². The molecule has 96 valence electrons. The molecule has 1 aliphatic heterocycles. The number of alkyl halides is 1. The Morgan fingerprint density at radius 2 is 2.00 bits per heavy atom. The predicted molar refractivity (Wildman–Crippen MR) is 70.8 cm³/mol. The van der Waals surface area contributed by atoms with Gasteiger partial charge in [0.1, 0.15) is 11.6 Å². The summed E-state index contributed by atoms with van der Waals surface area (Å²) in [4.78, 5) is 7.49. The Kier molecular flexibility index (Phi) is 2.79. The molecule has 4 nitrogen and oxygen atoms in total. The summed E-state index contributed by atoms with van der Waals surface area (Å²) in [6, 6.07) is 6.80. The van der Waals surface area contributed by atoms with Crippen molar-refractivity contribution in [2.24, 2.45) is 0 Å². The van der Waals surface area contributed by atoms with Gasteiger partial charge < -0.3 is 15.4 Å². The number of rotatable bonds is 2. The third-order valence-electron chi connectivity index (χ3n) is 2.86. The molecule has 1 aromatic carbocycles. The number of hydrogen-bond acceptors (Lipinski definition) is 3. The van der Waals surface area contributed by atoms with Crippen molar-refractivity contribution in [2.75, 3.05) is 0 Å². The summed E-state index contributed by atoms with van der Waals surface area (Å²) in [5.41, 5.74) is 2.46. The standard InChI is InChI=1S/C14H12FN3O/c15-13-6-3-10(7-16-13)14-17-8-12(18-14)9-1-4-11(19)5-2-9/h1-8,13,16,19H,(H,17,18). The first-order chi connectivity index (χ1) is 9.22. The lowest BCUT2D eigenvalue weighted by atomic mass is 10.1. The van der Waals surface area contributed by atoms with E-state index in [0.717, 1.165) is 16.8 Å².